The van der Waals surface area contributed by atoms with Crippen LogP contribution in [-0.2, 0) is 16.6 Å². The summed E-state index contributed by atoms with van der Waals surface area (Å²) in [7, 11) is -3.53. The zero-order chi connectivity index (χ0) is 14.3. The predicted molar refractivity (Wildman–Crippen MR) is 73.2 cm³/mol. The highest BCUT2D eigenvalue weighted by molar-refractivity contribution is 7.89. The molecular formula is C13H22N2O3S. The normalized spacial score (nSPS) is 21.8. The molecule has 2 N–H and O–H groups in total. The van der Waals surface area contributed by atoms with Gasteiger partial charge in [0.25, 0.3) is 10.0 Å². The van der Waals surface area contributed by atoms with E-state index in [1.165, 1.54) is 6.07 Å². The van der Waals surface area contributed by atoms with Crippen LogP contribution in [-0.4, -0.2) is 20.5 Å². The lowest BCUT2D eigenvalue weighted by Gasteiger charge is -2.06. The monoisotopic (exact) mass is 286 g/mol. The lowest BCUT2D eigenvalue weighted by Crippen LogP contribution is -2.28. The predicted octanol–water partition coefficient (Wildman–Crippen LogP) is 1.85. The maximum atomic E-state index is 12.1. The summed E-state index contributed by atoms with van der Waals surface area (Å²) in [5.74, 6) is 0.629. The van der Waals surface area contributed by atoms with Gasteiger partial charge in [0.05, 0.1) is 6.54 Å². The van der Waals surface area contributed by atoms with Crippen LogP contribution in [0.25, 0.3) is 0 Å². The van der Waals surface area contributed by atoms with Gasteiger partial charge in [0.1, 0.15) is 5.76 Å². The molecule has 2 rings (SSSR count). The van der Waals surface area contributed by atoms with E-state index < -0.39 is 10.0 Å². The fourth-order valence-corrected chi connectivity index (χ4v) is 3.17. The van der Waals surface area contributed by atoms with E-state index in [0.717, 1.165) is 6.42 Å². The molecule has 0 spiro atoms. The summed E-state index contributed by atoms with van der Waals surface area (Å²) in [6, 6.07) is 3.55. The lowest BCUT2D eigenvalue weighted by molar-refractivity contribution is 0.392. The first-order valence-corrected chi connectivity index (χ1v) is 8.03. The maximum absolute atomic E-state index is 12.1. The van der Waals surface area contributed by atoms with Gasteiger partial charge < -0.3 is 9.73 Å². The molecule has 0 bridgehead atoms. The molecule has 1 aliphatic rings. The molecule has 1 saturated carbocycles. The van der Waals surface area contributed by atoms with E-state index in [0.29, 0.717) is 18.3 Å². The first-order chi connectivity index (χ1) is 8.71. The van der Waals surface area contributed by atoms with E-state index in [2.05, 4.69) is 10.0 Å². The second-order valence-electron chi connectivity index (χ2n) is 6.12. The average molecular weight is 286 g/mol. The topological polar surface area (TPSA) is 71.3 Å². The van der Waals surface area contributed by atoms with Gasteiger partial charge in [-0.15, -0.1) is 0 Å². The summed E-state index contributed by atoms with van der Waals surface area (Å²) in [6.45, 7) is 8.66. The van der Waals surface area contributed by atoms with E-state index in [4.69, 9.17) is 4.42 Å². The van der Waals surface area contributed by atoms with E-state index >= 15 is 0 Å². The zero-order valence-electron chi connectivity index (χ0n) is 11.9. The Balaban J connectivity index is 2.01. The molecule has 1 fully saturated rings. The molecule has 0 radical (unpaired) electrons. The molecule has 0 saturated heterocycles. The second kappa shape index (κ2) is 4.92. The zero-order valence-corrected chi connectivity index (χ0v) is 12.7. The molecule has 0 amide bonds. The van der Waals surface area contributed by atoms with Gasteiger partial charge in [0.2, 0.25) is 5.09 Å². The summed E-state index contributed by atoms with van der Waals surface area (Å²) >= 11 is 0. The molecule has 0 aliphatic heterocycles. The van der Waals surface area contributed by atoms with E-state index in [9.17, 15) is 8.42 Å². The van der Waals surface area contributed by atoms with Crippen molar-refractivity contribution in [1.82, 2.24) is 10.0 Å². The highest BCUT2D eigenvalue weighted by Crippen LogP contribution is 2.45. The van der Waals surface area contributed by atoms with E-state index in [1.54, 1.807) is 6.07 Å². The largest absolute Gasteiger partial charge is 0.447 e. The fraction of sp³-hybridized carbons (Fsp3) is 0.692. The van der Waals surface area contributed by atoms with Crippen LogP contribution in [0.1, 0.15) is 39.9 Å². The van der Waals surface area contributed by atoms with E-state index in [-0.39, 0.29) is 16.5 Å². The molecular weight excluding hydrogens is 264 g/mol. The SMILES string of the molecule is CC(C)NCc1ccc(S(=O)(=O)NC2CC2(C)C)o1. The maximum Gasteiger partial charge on any atom is 0.274 e. The third kappa shape index (κ3) is 3.58. The Morgan fingerprint density at radius 2 is 2.05 bits per heavy atom. The van der Waals surface area contributed by atoms with Gasteiger partial charge in [-0.1, -0.05) is 27.7 Å². The number of hydrogen-bond acceptors (Lipinski definition) is 4. The summed E-state index contributed by atoms with van der Waals surface area (Å²) in [6.07, 6.45) is 0.870. The van der Waals surface area contributed by atoms with Crippen LogP contribution in [0.3, 0.4) is 0 Å². The van der Waals surface area contributed by atoms with Gasteiger partial charge >= 0.3 is 0 Å². The van der Waals surface area contributed by atoms with Crippen molar-refractivity contribution in [2.24, 2.45) is 5.41 Å². The van der Waals surface area contributed by atoms with Crippen molar-refractivity contribution in [1.29, 1.82) is 0 Å². The number of nitrogens with one attached hydrogen (secondary N) is 2. The molecule has 19 heavy (non-hydrogen) atoms. The number of hydrogen-bond donors (Lipinski definition) is 2. The Kier molecular flexibility index (Phi) is 3.77. The van der Waals surface area contributed by atoms with Crippen LogP contribution in [0.5, 0.6) is 0 Å². The molecule has 0 aromatic carbocycles. The van der Waals surface area contributed by atoms with Crippen LogP contribution < -0.4 is 10.0 Å². The number of rotatable bonds is 6. The Bertz CT molecular complexity index is 546. The van der Waals surface area contributed by atoms with Crippen LogP contribution >= 0.6 is 0 Å². The molecule has 1 aromatic rings. The van der Waals surface area contributed by atoms with Crippen molar-refractivity contribution >= 4 is 10.0 Å². The van der Waals surface area contributed by atoms with Crippen molar-refractivity contribution in [3.63, 3.8) is 0 Å². The van der Waals surface area contributed by atoms with Gasteiger partial charge in [-0.05, 0) is 24.0 Å². The molecule has 5 nitrogen and oxygen atoms in total. The molecule has 1 unspecified atom stereocenters. The molecule has 1 aromatic heterocycles. The van der Waals surface area contributed by atoms with Gasteiger partial charge in [0.15, 0.2) is 0 Å². The van der Waals surface area contributed by atoms with Crippen molar-refractivity contribution in [3.05, 3.63) is 17.9 Å². The van der Waals surface area contributed by atoms with Crippen molar-refractivity contribution in [2.75, 3.05) is 0 Å². The summed E-state index contributed by atoms with van der Waals surface area (Å²) < 4.78 is 32.2. The Morgan fingerprint density at radius 1 is 1.42 bits per heavy atom. The summed E-state index contributed by atoms with van der Waals surface area (Å²) in [5, 5.41) is 3.18. The minimum atomic E-state index is -3.53. The third-order valence-corrected chi connectivity index (χ3v) is 4.74. The van der Waals surface area contributed by atoms with Gasteiger partial charge in [-0.2, -0.15) is 0 Å². The van der Waals surface area contributed by atoms with Crippen molar-refractivity contribution < 1.29 is 12.8 Å². The summed E-state index contributed by atoms with van der Waals surface area (Å²) in [5.41, 5.74) is 0.0572. The smallest absolute Gasteiger partial charge is 0.274 e. The standard InChI is InChI=1S/C13H22N2O3S/c1-9(2)14-8-10-5-6-12(18-10)19(16,17)15-11-7-13(11,3)4/h5-6,9,11,14-15H,7-8H2,1-4H3. The number of sulfonamides is 1. The van der Waals surface area contributed by atoms with Gasteiger partial charge in [-0.25, -0.2) is 13.1 Å². The fourth-order valence-electron chi connectivity index (χ4n) is 1.82. The highest BCUT2D eigenvalue weighted by Gasteiger charge is 2.48. The summed E-state index contributed by atoms with van der Waals surface area (Å²) in [4.78, 5) is 0. The average Bonchev–Trinajstić information content (AvgIpc) is 2.73. The minimum absolute atomic E-state index is 0.00393. The van der Waals surface area contributed by atoms with Crippen LogP contribution in [0, 0.1) is 5.41 Å². The van der Waals surface area contributed by atoms with Gasteiger partial charge in [0, 0.05) is 12.1 Å². The third-order valence-electron chi connectivity index (χ3n) is 3.40. The highest BCUT2D eigenvalue weighted by atomic mass is 32.2. The Morgan fingerprint density at radius 3 is 2.58 bits per heavy atom. The molecule has 1 aliphatic carbocycles. The van der Waals surface area contributed by atoms with Crippen molar-refractivity contribution in [2.45, 2.75) is 57.8 Å². The second-order valence-corrected chi connectivity index (χ2v) is 7.77. The molecule has 108 valence electrons. The first kappa shape index (κ1) is 14.6. The molecule has 1 heterocycles. The Hall–Kier alpha value is -0.850. The van der Waals surface area contributed by atoms with E-state index in [1.807, 2.05) is 27.7 Å². The van der Waals surface area contributed by atoms with Gasteiger partial charge in [-0.3, -0.25) is 0 Å². The first-order valence-electron chi connectivity index (χ1n) is 6.55. The molecule has 6 heteroatoms. The minimum Gasteiger partial charge on any atom is -0.447 e. The number of furan rings is 1. The Labute approximate surface area is 114 Å². The molecule has 1 atom stereocenters. The van der Waals surface area contributed by atoms with Crippen LogP contribution in [0.4, 0.5) is 0 Å². The lowest BCUT2D eigenvalue weighted by atomic mass is 10.2. The van der Waals surface area contributed by atoms with Crippen molar-refractivity contribution in [3.8, 4) is 0 Å². The van der Waals surface area contributed by atoms with Crippen LogP contribution in [0.15, 0.2) is 21.6 Å². The van der Waals surface area contributed by atoms with Crippen LogP contribution in [0.2, 0.25) is 0 Å². The quantitative estimate of drug-likeness (QED) is 0.837.